The number of hydrogen-bond donors (Lipinski definition) is 0. The van der Waals surface area contributed by atoms with E-state index in [0.717, 1.165) is 11.1 Å². The van der Waals surface area contributed by atoms with Gasteiger partial charge in [0.25, 0.3) is 5.91 Å². The summed E-state index contributed by atoms with van der Waals surface area (Å²) in [5.41, 5.74) is 2.36. The SMILES string of the molecule is CC[C@@H]1Oc2ccc(C)cc2N(CC(=O)N(Cc2ccco2)Cc2cccc(OC)c2OC)C1=O. The highest BCUT2D eigenvalue weighted by Crippen LogP contribution is 2.36. The van der Waals surface area contributed by atoms with Gasteiger partial charge in [0.15, 0.2) is 17.6 Å². The molecule has 0 saturated carbocycles. The van der Waals surface area contributed by atoms with E-state index >= 15 is 0 Å². The van der Waals surface area contributed by atoms with Crippen LogP contribution in [0.15, 0.2) is 59.2 Å². The van der Waals surface area contributed by atoms with Crippen molar-refractivity contribution in [3.8, 4) is 17.2 Å². The van der Waals surface area contributed by atoms with Gasteiger partial charge in [0, 0.05) is 12.1 Å². The van der Waals surface area contributed by atoms with E-state index in [0.29, 0.717) is 35.1 Å². The van der Waals surface area contributed by atoms with Gasteiger partial charge in [-0.25, -0.2) is 0 Å². The number of rotatable bonds is 9. The second kappa shape index (κ2) is 10.5. The monoisotopic (exact) mass is 478 g/mol. The average molecular weight is 479 g/mol. The van der Waals surface area contributed by atoms with E-state index in [1.807, 2.05) is 50.2 Å². The Morgan fingerprint density at radius 2 is 1.91 bits per heavy atom. The molecule has 1 aliphatic rings. The summed E-state index contributed by atoms with van der Waals surface area (Å²) < 4.78 is 22.4. The molecule has 0 aliphatic carbocycles. The van der Waals surface area contributed by atoms with Crippen LogP contribution >= 0.6 is 0 Å². The summed E-state index contributed by atoms with van der Waals surface area (Å²) in [5, 5.41) is 0. The number of carbonyl (C=O) groups excluding carboxylic acids is 2. The number of para-hydroxylation sites is 1. The number of benzene rings is 2. The third-order valence-electron chi connectivity index (χ3n) is 6.01. The van der Waals surface area contributed by atoms with Crippen molar-refractivity contribution in [3.63, 3.8) is 0 Å². The number of fused-ring (bicyclic) bond motifs is 1. The second-order valence-electron chi connectivity index (χ2n) is 8.39. The highest BCUT2D eigenvalue weighted by Gasteiger charge is 2.35. The van der Waals surface area contributed by atoms with Crippen LogP contribution in [0.4, 0.5) is 5.69 Å². The summed E-state index contributed by atoms with van der Waals surface area (Å²) in [6.45, 7) is 4.19. The predicted octanol–water partition coefficient (Wildman–Crippen LogP) is 4.34. The Kier molecular flexibility index (Phi) is 7.29. The summed E-state index contributed by atoms with van der Waals surface area (Å²) in [7, 11) is 3.14. The first-order valence-corrected chi connectivity index (χ1v) is 11.5. The lowest BCUT2D eigenvalue weighted by atomic mass is 10.1. The first kappa shape index (κ1) is 24.2. The summed E-state index contributed by atoms with van der Waals surface area (Å²) >= 11 is 0. The molecule has 0 spiro atoms. The number of anilines is 1. The molecule has 0 N–H and O–H groups in total. The molecule has 0 saturated heterocycles. The third-order valence-corrected chi connectivity index (χ3v) is 6.01. The number of aryl methyl sites for hydroxylation is 1. The van der Waals surface area contributed by atoms with Crippen LogP contribution < -0.4 is 19.1 Å². The summed E-state index contributed by atoms with van der Waals surface area (Å²) in [5.74, 6) is 1.91. The van der Waals surface area contributed by atoms with Gasteiger partial charge in [-0.15, -0.1) is 0 Å². The van der Waals surface area contributed by atoms with E-state index in [1.54, 1.807) is 37.5 Å². The Hall–Kier alpha value is -3.94. The van der Waals surface area contributed by atoms with Crippen molar-refractivity contribution >= 4 is 17.5 Å². The van der Waals surface area contributed by atoms with Gasteiger partial charge >= 0.3 is 0 Å². The van der Waals surface area contributed by atoms with E-state index in [9.17, 15) is 9.59 Å². The van der Waals surface area contributed by atoms with Crippen LogP contribution in [0.1, 0.15) is 30.2 Å². The van der Waals surface area contributed by atoms with Crippen molar-refractivity contribution in [2.45, 2.75) is 39.5 Å². The van der Waals surface area contributed by atoms with Crippen LogP contribution in [0.5, 0.6) is 17.2 Å². The van der Waals surface area contributed by atoms with Crippen molar-refractivity contribution in [1.29, 1.82) is 0 Å². The van der Waals surface area contributed by atoms with E-state index in [4.69, 9.17) is 18.6 Å². The van der Waals surface area contributed by atoms with E-state index < -0.39 is 6.10 Å². The Morgan fingerprint density at radius 1 is 1.09 bits per heavy atom. The molecule has 0 unspecified atom stereocenters. The molecule has 4 rings (SSSR count). The molecule has 1 aromatic heterocycles. The number of methoxy groups -OCH3 is 2. The lowest BCUT2D eigenvalue weighted by Crippen LogP contribution is -2.50. The topological polar surface area (TPSA) is 81.5 Å². The van der Waals surface area contributed by atoms with E-state index in [2.05, 4.69) is 0 Å². The minimum atomic E-state index is -0.630. The number of nitrogens with zero attached hydrogens (tertiary/aromatic N) is 2. The molecular formula is C27H30N2O6. The van der Waals surface area contributed by atoms with Crippen LogP contribution in [0.25, 0.3) is 0 Å². The van der Waals surface area contributed by atoms with Gasteiger partial charge in [0.05, 0.1) is 32.7 Å². The largest absolute Gasteiger partial charge is 0.493 e. The van der Waals surface area contributed by atoms with Gasteiger partial charge < -0.3 is 23.5 Å². The van der Waals surface area contributed by atoms with Gasteiger partial charge in [0.1, 0.15) is 18.1 Å². The van der Waals surface area contributed by atoms with Gasteiger partial charge in [0.2, 0.25) is 5.91 Å². The minimum Gasteiger partial charge on any atom is -0.493 e. The Bertz CT molecular complexity index is 1190. The highest BCUT2D eigenvalue weighted by atomic mass is 16.5. The fraction of sp³-hybridized carbons (Fsp3) is 0.333. The maximum Gasteiger partial charge on any atom is 0.268 e. The molecule has 2 amide bonds. The standard InChI is InChI=1S/C27H30N2O6/c1-5-22-27(31)29(21-14-18(2)11-12-23(21)35-22)17-25(30)28(16-20-9-7-13-34-20)15-19-8-6-10-24(32-3)26(19)33-4/h6-14,22H,5,15-17H2,1-4H3/t22-/m0/s1. The maximum atomic E-state index is 13.7. The zero-order valence-electron chi connectivity index (χ0n) is 20.4. The predicted molar refractivity (Wildman–Crippen MR) is 131 cm³/mol. The zero-order valence-corrected chi connectivity index (χ0v) is 20.4. The molecular weight excluding hydrogens is 448 g/mol. The smallest absolute Gasteiger partial charge is 0.268 e. The quantitative estimate of drug-likeness (QED) is 0.455. The van der Waals surface area contributed by atoms with Crippen LogP contribution in [-0.4, -0.2) is 43.6 Å². The molecule has 0 radical (unpaired) electrons. The Balaban J connectivity index is 1.65. The molecule has 0 fully saturated rings. The Morgan fingerprint density at radius 3 is 2.60 bits per heavy atom. The molecule has 3 aromatic rings. The second-order valence-corrected chi connectivity index (χ2v) is 8.39. The maximum absolute atomic E-state index is 13.7. The fourth-order valence-corrected chi connectivity index (χ4v) is 4.20. The van der Waals surface area contributed by atoms with Crippen molar-refractivity contribution in [1.82, 2.24) is 4.90 Å². The van der Waals surface area contributed by atoms with Gasteiger partial charge in [-0.2, -0.15) is 0 Å². The number of ether oxygens (including phenoxy) is 3. The molecule has 2 aromatic carbocycles. The van der Waals surface area contributed by atoms with Crippen molar-refractivity contribution < 1.29 is 28.2 Å². The van der Waals surface area contributed by atoms with Gasteiger partial charge in [-0.1, -0.05) is 25.1 Å². The first-order valence-electron chi connectivity index (χ1n) is 11.5. The summed E-state index contributed by atoms with van der Waals surface area (Å²) in [4.78, 5) is 30.1. The van der Waals surface area contributed by atoms with Crippen LogP contribution in [0, 0.1) is 6.92 Å². The number of amides is 2. The van der Waals surface area contributed by atoms with Crippen molar-refractivity contribution in [2.75, 3.05) is 25.7 Å². The molecule has 8 heteroatoms. The van der Waals surface area contributed by atoms with Gasteiger partial charge in [-0.3, -0.25) is 14.5 Å². The van der Waals surface area contributed by atoms with Crippen molar-refractivity contribution in [2.24, 2.45) is 0 Å². The lowest BCUT2D eigenvalue weighted by molar-refractivity contribution is -0.134. The number of carbonyl (C=O) groups is 2. The Labute approximate surface area is 205 Å². The summed E-state index contributed by atoms with van der Waals surface area (Å²) in [6, 6.07) is 14.8. The molecule has 2 heterocycles. The van der Waals surface area contributed by atoms with Crippen LogP contribution in [-0.2, 0) is 22.7 Å². The zero-order chi connectivity index (χ0) is 24.9. The molecule has 1 aliphatic heterocycles. The summed E-state index contributed by atoms with van der Waals surface area (Å²) in [6.07, 6.45) is 1.45. The molecule has 0 bridgehead atoms. The average Bonchev–Trinajstić information content (AvgIpc) is 3.38. The number of hydrogen-bond acceptors (Lipinski definition) is 6. The van der Waals surface area contributed by atoms with Crippen LogP contribution in [0.2, 0.25) is 0 Å². The lowest BCUT2D eigenvalue weighted by Gasteiger charge is -2.35. The first-order chi connectivity index (χ1) is 16.9. The third kappa shape index (κ3) is 5.11. The highest BCUT2D eigenvalue weighted by molar-refractivity contribution is 6.03. The van der Waals surface area contributed by atoms with Gasteiger partial charge in [-0.05, 0) is 49.2 Å². The molecule has 8 nitrogen and oxygen atoms in total. The van der Waals surface area contributed by atoms with Crippen molar-refractivity contribution in [3.05, 3.63) is 71.7 Å². The van der Waals surface area contributed by atoms with E-state index in [1.165, 1.54) is 4.90 Å². The fourth-order valence-electron chi connectivity index (χ4n) is 4.20. The minimum absolute atomic E-state index is 0.123. The van der Waals surface area contributed by atoms with E-state index in [-0.39, 0.29) is 31.4 Å². The number of furan rings is 1. The van der Waals surface area contributed by atoms with Crippen LogP contribution in [0.3, 0.4) is 0 Å². The molecule has 35 heavy (non-hydrogen) atoms. The molecule has 1 atom stereocenters. The normalized spacial score (nSPS) is 14.8. The molecule has 184 valence electrons.